The second kappa shape index (κ2) is 8.72. The van der Waals surface area contributed by atoms with Gasteiger partial charge in [0, 0.05) is 20.0 Å². The van der Waals surface area contributed by atoms with Crippen LogP contribution < -0.4 is 0 Å². The monoisotopic (exact) mass is 171 g/mol. The Morgan fingerprint density at radius 1 is 1.33 bits per heavy atom. The van der Waals surface area contributed by atoms with Gasteiger partial charge in [-0.2, -0.15) is 0 Å². The van der Waals surface area contributed by atoms with Gasteiger partial charge >= 0.3 is 0 Å². The Bertz CT molecular complexity index is 98.4. The molecule has 0 saturated heterocycles. The molecule has 0 unspecified atom stereocenters. The molecular formula is C10H19O2. The molecule has 0 aliphatic heterocycles. The number of carbonyl (C=O) groups excluding carboxylic acids is 1. The molecule has 0 aliphatic carbocycles. The molecule has 0 amide bonds. The zero-order chi connectivity index (χ0) is 9.23. The maximum atomic E-state index is 11.1. The van der Waals surface area contributed by atoms with Crippen molar-refractivity contribution in [2.24, 2.45) is 0 Å². The van der Waals surface area contributed by atoms with Gasteiger partial charge in [0.1, 0.15) is 5.78 Å². The summed E-state index contributed by atoms with van der Waals surface area (Å²) in [5.74, 6) is 0.358. The number of hydrogen-bond acceptors (Lipinski definition) is 2. The lowest BCUT2D eigenvalue weighted by Gasteiger charge is -1.98. The van der Waals surface area contributed by atoms with E-state index in [4.69, 9.17) is 4.74 Å². The fraction of sp³-hybridized carbons (Fsp3) is 0.800. The maximum Gasteiger partial charge on any atom is 0.133 e. The lowest BCUT2D eigenvalue weighted by atomic mass is 10.1. The first kappa shape index (κ1) is 11.6. The van der Waals surface area contributed by atoms with Crippen LogP contribution in [0, 0.1) is 6.61 Å². The molecule has 0 fully saturated rings. The van der Waals surface area contributed by atoms with Crippen LogP contribution in [0.25, 0.3) is 0 Å². The molecule has 0 bridgehead atoms. The SMILES string of the molecule is CCCCCC(=O)CC[CH]OC. The summed E-state index contributed by atoms with van der Waals surface area (Å²) in [5, 5.41) is 0. The molecule has 0 aromatic carbocycles. The summed E-state index contributed by atoms with van der Waals surface area (Å²) >= 11 is 0. The normalized spacial score (nSPS) is 10.2. The van der Waals surface area contributed by atoms with Gasteiger partial charge in [-0.05, 0) is 12.8 Å². The van der Waals surface area contributed by atoms with Gasteiger partial charge in [0.15, 0.2) is 0 Å². The zero-order valence-electron chi connectivity index (χ0n) is 8.14. The lowest BCUT2D eigenvalue weighted by molar-refractivity contribution is -0.119. The van der Waals surface area contributed by atoms with E-state index in [1.807, 2.05) is 0 Å². The Balaban J connectivity index is 3.10. The molecule has 12 heavy (non-hydrogen) atoms. The molecule has 0 aromatic heterocycles. The molecule has 1 radical (unpaired) electrons. The van der Waals surface area contributed by atoms with E-state index in [-0.39, 0.29) is 0 Å². The van der Waals surface area contributed by atoms with E-state index in [1.165, 1.54) is 12.8 Å². The van der Waals surface area contributed by atoms with Crippen LogP contribution in [0.3, 0.4) is 0 Å². The topological polar surface area (TPSA) is 26.3 Å². The van der Waals surface area contributed by atoms with Crippen molar-refractivity contribution >= 4 is 5.78 Å². The molecule has 0 aromatic rings. The molecule has 2 nitrogen and oxygen atoms in total. The molecule has 0 N–H and O–H groups in total. The minimum absolute atomic E-state index is 0.358. The number of carbonyl (C=O) groups is 1. The van der Waals surface area contributed by atoms with Crippen LogP contribution in [0.2, 0.25) is 0 Å². The van der Waals surface area contributed by atoms with Gasteiger partial charge in [-0.1, -0.05) is 19.8 Å². The third-order valence-corrected chi connectivity index (χ3v) is 1.77. The van der Waals surface area contributed by atoms with E-state index < -0.39 is 0 Å². The van der Waals surface area contributed by atoms with Crippen LogP contribution in [0.5, 0.6) is 0 Å². The molecule has 0 spiro atoms. The van der Waals surface area contributed by atoms with E-state index >= 15 is 0 Å². The third kappa shape index (κ3) is 7.73. The first-order valence-electron chi connectivity index (χ1n) is 4.67. The van der Waals surface area contributed by atoms with Crippen molar-refractivity contribution in [3.05, 3.63) is 6.61 Å². The highest BCUT2D eigenvalue weighted by Gasteiger charge is 2.00. The fourth-order valence-corrected chi connectivity index (χ4v) is 1.03. The summed E-state index contributed by atoms with van der Waals surface area (Å²) in [6.07, 6.45) is 5.52. The molecule has 0 rings (SSSR count). The van der Waals surface area contributed by atoms with E-state index in [9.17, 15) is 4.79 Å². The summed E-state index contributed by atoms with van der Waals surface area (Å²) in [6.45, 7) is 3.82. The predicted octanol–water partition coefficient (Wildman–Crippen LogP) is 2.72. The van der Waals surface area contributed by atoms with Crippen molar-refractivity contribution in [3.8, 4) is 0 Å². The van der Waals surface area contributed by atoms with Crippen LogP contribution in [0.1, 0.15) is 45.4 Å². The van der Waals surface area contributed by atoms with Crippen molar-refractivity contribution in [3.63, 3.8) is 0 Å². The van der Waals surface area contributed by atoms with Crippen molar-refractivity contribution in [2.75, 3.05) is 7.11 Å². The molecule has 2 heteroatoms. The summed E-state index contributed by atoms with van der Waals surface area (Å²) in [4.78, 5) is 11.1. The number of unbranched alkanes of at least 4 members (excludes halogenated alkanes) is 2. The van der Waals surface area contributed by atoms with Gasteiger partial charge in [0.2, 0.25) is 0 Å². The largest absolute Gasteiger partial charge is 0.379 e. The van der Waals surface area contributed by atoms with E-state index in [2.05, 4.69) is 6.92 Å². The van der Waals surface area contributed by atoms with Gasteiger partial charge in [0.05, 0.1) is 6.61 Å². The second-order valence-electron chi connectivity index (χ2n) is 2.94. The molecule has 0 saturated carbocycles. The highest BCUT2D eigenvalue weighted by atomic mass is 16.5. The third-order valence-electron chi connectivity index (χ3n) is 1.77. The number of ether oxygens (including phenoxy) is 1. The Labute approximate surface area is 75.3 Å². The lowest BCUT2D eigenvalue weighted by Crippen LogP contribution is -1.97. The standard InChI is InChI=1S/C10H19O2/c1-3-4-5-7-10(11)8-6-9-12-2/h9H,3-8H2,1-2H3. The highest BCUT2D eigenvalue weighted by Crippen LogP contribution is 2.04. The van der Waals surface area contributed by atoms with Gasteiger partial charge in [-0.15, -0.1) is 0 Å². The summed E-state index contributed by atoms with van der Waals surface area (Å²) in [5.41, 5.74) is 0. The summed E-state index contributed by atoms with van der Waals surface area (Å²) < 4.78 is 4.74. The fourth-order valence-electron chi connectivity index (χ4n) is 1.03. The van der Waals surface area contributed by atoms with Crippen molar-refractivity contribution in [1.29, 1.82) is 0 Å². The second-order valence-corrected chi connectivity index (χ2v) is 2.94. The molecule has 0 atom stereocenters. The molecule has 0 heterocycles. The highest BCUT2D eigenvalue weighted by molar-refractivity contribution is 5.78. The van der Waals surface area contributed by atoms with Crippen molar-refractivity contribution in [2.45, 2.75) is 45.4 Å². The maximum absolute atomic E-state index is 11.1. The van der Waals surface area contributed by atoms with Crippen molar-refractivity contribution < 1.29 is 9.53 Å². The van der Waals surface area contributed by atoms with Crippen molar-refractivity contribution in [1.82, 2.24) is 0 Å². The van der Waals surface area contributed by atoms with Gasteiger partial charge in [0.25, 0.3) is 0 Å². The molecule has 71 valence electrons. The Kier molecular flexibility index (Phi) is 8.46. The predicted molar refractivity (Wildman–Crippen MR) is 49.7 cm³/mol. The minimum atomic E-state index is 0.358. The van der Waals surface area contributed by atoms with Crippen LogP contribution in [0.4, 0.5) is 0 Å². The average molecular weight is 171 g/mol. The van der Waals surface area contributed by atoms with Gasteiger partial charge in [-0.3, -0.25) is 4.79 Å². The van der Waals surface area contributed by atoms with Crippen LogP contribution in [-0.4, -0.2) is 12.9 Å². The molecule has 0 aliphatic rings. The van der Waals surface area contributed by atoms with Crippen LogP contribution in [-0.2, 0) is 9.53 Å². The Hall–Kier alpha value is -0.370. The van der Waals surface area contributed by atoms with E-state index in [0.717, 1.165) is 19.3 Å². The zero-order valence-corrected chi connectivity index (χ0v) is 8.14. The summed E-state index contributed by atoms with van der Waals surface area (Å²) in [6, 6.07) is 0. The average Bonchev–Trinajstić information content (AvgIpc) is 2.06. The number of hydrogen-bond donors (Lipinski definition) is 0. The van der Waals surface area contributed by atoms with Gasteiger partial charge < -0.3 is 4.74 Å². The number of methoxy groups -OCH3 is 1. The molecular weight excluding hydrogens is 152 g/mol. The number of ketones is 1. The van der Waals surface area contributed by atoms with Crippen LogP contribution in [0.15, 0.2) is 0 Å². The summed E-state index contributed by atoms with van der Waals surface area (Å²) in [7, 11) is 1.61. The quantitative estimate of drug-likeness (QED) is 0.525. The first-order chi connectivity index (χ1) is 5.81. The van der Waals surface area contributed by atoms with E-state index in [1.54, 1.807) is 13.7 Å². The Morgan fingerprint density at radius 3 is 2.67 bits per heavy atom. The Morgan fingerprint density at radius 2 is 2.08 bits per heavy atom. The smallest absolute Gasteiger partial charge is 0.133 e. The first-order valence-corrected chi connectivity index (χ1v) is 4.67. The van der Waals surface area contributed by atoms with E-state index in [0.29, 0.717) is 12.2 Å². The minimum Gasteiger partial charge on any atom is -0.379 e. The number of rotatable bonds is 8. The van der Waals surface area contributed by atoms with Gasteiger partial charge in [-0.25, -0.2) is 0 Å². The van der Waals surface area contributed by atoms with Crippen LogP contribution >= 0.6 is 0 Å². The number of Topliss-reactive ketones (excluding diaryl/α,β-unsaturated/α-hetero) is 1.